The summed E-state index contributed by atoms with van der Waals surface area (Å²) >= 11 is 5.37. The minimum Gasteiger partial charge on any atom is -0.363 e. The lowest BCUT2D eigenvalue weighted by Gasteiger charge is -2.54. The van der Waals surface area contributed by atoms with Gasteiger partial charge in [-0.1, -0.05) is 20.8 Å². The number of nitrogens with one attached hydrogen (secondary N) is 2. The third-order valence-electron chi connectivity index (χ3n) is 8.54. The predicted molar refractivity (Wildman–Crippen MR) is 139 cm³/mol. The highest BCUT2D eigenvalue weighted by Gasteiger charge is 2.71. The van der Waals surface area contributed by atoms with E-state index in [2.05, 4.69) is 42.4 Å². The molecule has 0 unspecified atom stereocenters. The average molecular weight is 498 g/mol. The molecule has 188 valence electrons. The molecule has 4 aliphatic rings. The zero-order chi connectivity index (χ0) is 25.5. The van der Waals surface area contributed by atoms with Gasteiger partial charge in [0.1, 0.15) is 0 Å². The number of benzene rings is 1. The fourth-order valence-corrected chi connectivity index (χ4v) is 8.13. The monoisotopic (exact) mass is 497 g/mol. The van der Waals surface area contributed by atoms with Crippen LogP contribution in [0.1, 0.15) is 52.5 Å². The lowest BCUT2D eigenvalue weighted by Crippen LogP contribution is -2.72. The van der Waals surface area contributed by atoms with Crippen LogP contribution in [0.4, 0.5) is 16.2 Å². The second kappa shape index (κ2) is 7.66. The molecule has 0 radical (unpaired) electrons. The second-order valence-corrected chi connectivity index (χ2v) is 12.3. The quantitative estimate of drug-likeness (QED) is 0.479. The molecular weight excluding hydrogens is 462 g/mol. The first-order valence-corrected chi connectivity index (χ1v) is 12.8. The molecule has 9 heteroatoms. The number of carbonyl (C=O) groups excluding carboxylic acids is 3. The molecule has 0 aromatic heterocycles. The summed E-state index contributed by atoms with van der Waals surface area (Å²) in [6.07, 6.45) is 3.10. The molecule has 8 nitrogen and oxygen atoms in total. The highest BCUT2D eigenvalue weighted by Crippen LogP contribution is 2.64. The van der Waals surface area contributed by atoms with Crippen LogP contribution in [-0.4, -0.2) is 65.5 Å². The van der Waals surface area contributed by atoms with Crippen LogP contribution in [0.5, 0.6) is 0 Å². The molecule has 4 amide bonds. The number of carbonyl (C=O) groups is 3. The molecule has 3 heterocycles. The molecule has 2 N–H and O–H groups in total. The average Bonchev–Trinajstić information content (AvgIpc) is 3.00. The first kappa shape index (κ1) is 24.0. The van der Waals surface area contributed by atoms with Crippen LogP contribution in [0.3, 0.4) is 0 Å². The molecule has 1 spiro atoms. The largest absolute Gasteiger partial charge is 0.363 e. The summed E-state index contributed by atoms with van der Waals surface area (Å²) < 4.78 is 0. The smallest absolute Gasteiger partial charge is 0.332 e. The molecule has 1 aliphatic carbocycles. The van der Waals surface area contributed by atoms with Crippen LogP contribution in [0, 0.1) is 16.2 Å². The number of thiocarbonyl (C=S) groups is 1. The van der Waals surface area contributed by atoms with Crippen LogP contribution >= 0.6 is 12.2 Å². The van der Waals surface area contributed by atoms with Gasteiger partial charge in [0.05, 0.1) is 6.04 Å². The van der Waals surface area contributed by atoms with Crippen molar-refractivity contribution in [3.05, 3.63) is 23.8 Å². The molecule has 1 aromatic carbocycles. The second-order valence-electron chi connectivity index (χ2n) is 11.9. The summed E-state index contributed by atoms with van der Waals surface area (Å²) in [6.45, 7) is 9.49. The number of rotatable bonds is 2. The van der Waals surface area contributed by atoms with Gasteiger partial charge in [-0.15, -0.1) is 0 Å². The molecule has 2 saturated heterocycles. The van der Waals surface area contributed by atoms with Crippen molar-refractivity contribution in [3.63, 3.8) is 0 Å². The number of urea groups is 1. The SMILES string of the molecule is CCNC(=S)Nc1ccc2c(c1)CC1(C(=O)N(C)C(=O)N(C)C1=O)[C@H]1N2[C@H]2CC(C)(C)C[C@@]1(C)C2. The van der Waals surface area contributed by atoms with E-state index in [9.17, 15) is 14.4 Å². The minimum atomic E-state index is -1.35. The summed E-state index contributed by atoms with van der Waals surface area (Å²) in [7, 11) is 2.99. The van der Waals surface area contributed by atoms with E-state index in [1.807, 2.05) is 19.1 Å². The van der Waals surface area contributed by atoms with Gasteiger partial charge >= 0.3 is 6.03 Å². The molecule has 2 bridgehead atoms. The van der Waals surface area contributed by atoms with Crippen LogP contribution < -0.4 is 15.5 Å². The summed E-state index contributed by atoms with van der Waals surface area (Å²) in [4.78, 5) is 45.5. The number of nitrogens with zero attached hydrogens (tertiary/aromatic N) is 3. The zero-order valence-electron chi connectivity index (χ0n) is 21.4. The van der Waals surface area contributed by atoms with E-state index in [0.717, 1.165) is 46.0 Å². The van der Waals surface area contributed by atoms with Gasteiger partial charge in [-0.05, 0) is 79.4 Å². The van der Waals surface area contributed by atoms with Crippen LogP contribution in [0.15, 0.2) is 18.2 Å². The van der Waals surface area contributed by atoms with Crippen molar-refractivity contribution in [1.82, 2.24) is 15.1 Å². The third-order valence-corrected chi connectivity index (χ3v) is 8.79. The number of barbiturate groups is 1. The Labute approximate surface area is 212 Å². The van der Waals surface area contributed by atoms with Crippen molar-refractivity contribution in [3.8, 4) is 0 Å². The van der Waals surface area contributed by atoms with Gasteiger partial charge in [-0.2, -0.15) is 0 Å². The summed E-state index contributed by atoms with van der Waals surface area (Å²) in [5.41, 5.74) is 1.32. The van der Waals surface area contributed by atoms with Crippen molar-refractivity contribution < 1.29 is 14.4 Å². The maximum absolute atomic E-state index is 14.0. The number of imide groups is 2. The van der Waals surface area contributed by atoms with E-state index < -0.39 is 11.4 Å². The van der Waals surface area contributed by atoms with Gasteiger partial charge in [0.2, 0.25) is 11.8 Å². The van der Waals surface area contributed by atoms with Crippen molar-refractivity contribution in [2.75, 3.05) is 30.9 Å². The van der Waals surface area contributed by atoms with Crippen molar-refractivity contribution in [2.24, 2.45) is 16.2 Å². The van der Waals surface area contributed by atoms with E-state index in [1.165, 1.54) is 14.1 Å². The first-order chi connectivity index (χ1) is 16.3. The van der Waals surface area contributed by atoms with E-state index in [-0.39, 0.29) is 41.1 Å². The molecule has 3 atom stereocenters. The standard InChI is InChI=1S/C26H35N5O3S/c1-7-27-22(35)28-16-8-9-18-15(10-16)11-26(20(32)29(5)23(34)30(6)21(26)33)19-25(4)13-17(31(18)19)12-24(2,3)14-25/h8-10,17,19H,7,11-14H2,1-6H3,(H2,27,28,35)/t17-,19-,25+/m0/s1. The zero-order valence-corrected chi connectivity index (χ0v) is 22.2. The lowest BCUT2D eigenvalue weighted by molar-refractivity contribution is -0.161. The topological polar surface area (TPSA) is 85.0 Å². The van der Waals surface area contributed by atoms with E-state index >= 15 is 0 Å². The Morgan fingerprint density at radius 3 is 2.37 bits per heavy atom. The lowest BCUT2D eigenvalue weighted by atomic mass is 9.56. The Morgan fingerprint density at radius 1 is 1.09 bits per heavy atom. The third kappa shape index (κ3) is 3.30. The van der Waals surface area contributed by atoms with Gasteiger partial charge in [-0.25, -0.2) is 4.79 Å². The van der Waals surface area contributed by atoms with E-state index in [0.29, 0.717) is 11.7 Å². The van der Waals surface area contributed by atoms with E-state index in [4.69, 9.17) is 12.2 Å². The molecular formula is C26H35N5O3S. The number of fused-ring (bicyclic) bond motifs is 8. The Bertz CT molecular complexity index is 1130. The number of anilines is 2. The molecule has 1 saturated carbocycles. The Kier molecular flexibility index (Phi) is 5.26. The van der Waals surface area contributed by atoms with Crippen LogP contribution in [0.25, 0.3) is 0 Å². The van der Waals surface area contributed by atoms with Crippen molar-refractivity contribution in [1.29, 1.82) is 0 Å². The molecule has 3 aliphatic heterocycles. The number of amides is 4. The van der Waals surface area contributed by atoms with Gasteiger partial charge in [0.25, 0.3) is 0 Å². The van der Waals surface area contributed by atoms with E-state index in [1.54, 1.807) is 0 Å². The van der Waals surface area contributed by atoms with Gasteiger partial charge in [-0.3, -0.25) is 19.4 Å². The first-order valence-electron chi connectivity index (χ1n) is 12.4. The molecule has 3 fully saturated rings. The molecule has 35 heavy (non-hydrogen) atoms. The maximum Gasteiger partial charge on any atom is 0.332 e. The fraction of sp³-hybridized carbons (Fsp3) is 0.615. The predicted octanol–water partition coefficient (Wildman–Crippen LogP) is 3.36. The maximum atomic E-state index is 14.0. The van der Waals surface area contributed by atoms with Crippen molar-refractivity contribution >= 4 is 46.6 Å². The minimum absolute atomic E-state index is 0.0876. The van der Waals surface area contributed by atoms with Crippen molar-refractivity contribution in [2.45, 2.75) is 65.5 Å². The summed E-state index contributed by atoms with van der Waals surface area (Å²) in [5, 5.41) is 6.83. The van der Waals surface area contributed by atoms with Crippen LogP contribution in [-0.2, 0) is 16.0 Å². The Morgan fingerprint density at radius 2 is 1.74 bits per heavy atom. The highest BCUT2D eigenvalue weighted by atomic mass is 32.1. The molecule has 5 rings (SSSR count). The summed E-state index contributed by atoms with van der Waals surface area (Å²) in [5.74, 6) is -0.779. The molecule has 1 aromatic rings. The highest BCUT2D eigenvalue weighted by molar-refractivity contribution is 7.80. The number of hydrogen-bond acceptors (Lipinski definition) is 5. The summed E-state index contributed by atoms with van der Waals surface area (Å²) in [6, 6.07) is 5.46. The van der Waals surface area contributed by atoms with Gasteiger partial charge < -0.3 is 15.5 Å². The normalized spacial score (nSPS) is 30.3. The Balaban J connectivity index is 1.70. The fourth-order valence-electron chi connectivity index (χ4n) is 7.87. The van der Waals surface area contributed by atoms with Crippen LogP contribution in [0.2, 0.25) is 0 Å². The number of hydrogen-bond donors (Lipinski definition) is 2. The van der Waals surface area contributed by atoms with Gasteiger partial charge in [0.15, 0.2) is 10.5 Å². The van der Waals surface area contributed by atoms with Gasteiger partial charge in [0, 0.05) is 38.1 Å². The Hall–Kier alpha value is -2.68.